The molecule has 1 N–H and O–H groups in total. The van der Waals surface area contributed by atoms with Gasteiger partial charge in [0.15, 0.2) is 0 Å². The highest BCUT2D eigenvalue weighted by atomic mass is 14.9. The maximum absolute atomic E-state index is 5.37. The second-order valence-corrected chi connectivity index (χ2v) is 5.30. The molecule has 0 bridgehead atoms. The van der Waals surface area contributed by atoms with Crippen molar-refractivity contribution in [3.05, 3.63) is 0 Å². The molecule has 3 atom stereocenters. The molecule has 1 fully saturated rings. The first-order chi connectivity index (χ1) is 6.48. The van der Waals surface area contributed by atoms with Gasteiger partial charge in [0.1, 0.15) is 0 Å². The Kier molecular flexibility index (Phi) is 3.61. The fourth-order valence-electron chi connectivity index (χ4n) is 2.34. The van der Waals surface area contributed by atoms with Gasteiger partial charge in [0.25, 0.3) is 0 Å². The average molecular weight is 193 g/mol. The quantitative estimate of drug-likeness (QED) is 0.680. The molecule has 0 heterocycles. The van der Waals surface area contributed by atoms with Crippen molar-refractivity contribution in [1.29, 1.82) is 0 Å². The van der Waals surface area contributed by atoms with Gasteiger partial charge in [0, 0.05) is 6.04 Å². The van der Waals surface area contributed by atoms with Crippen LogP contribution in [0.15, 0.2) is 0 Å². The number of nitrogens with one attached hydrogen (secondary N) is 1. The summed E-state index contributed by atoms with van der Waals surface area (Å²) in [6.45, 7) is 9.12. The molecule has 1 nitrogen and oxygen atoms in total. The van der Waals surface area contributed by atoms with Gasteiger partial charge in [-0.3, -0.25) is 0 Å². The minimum absolute atomic E-state index is 0.217. The van der Waals surface area contributed by atoms with E-state index in [1.54, 1.807) is 0 Å². The van der Waals surface area contributed by atoms with Gasteiger partial charge >= 0.3 is 0 Å². The summed E-state index contributed by atoms with van der Waals surface area (Å²) in [5.41, 5.74) is 0.520. The van der Waals surface area contributed by atoms with Crippen molar-refractivity contribution in [3.8, 4) is 12.3 Å². The van der Waals surface area contributed by atoms with Gasteiger partial charge < -0.3 is 5.32 Å². The fourth-order valence-corrected chi connectivity index (χ4v) is 2.34. The van der Waals surface area contributed by atoms with Crippen LogP contribution < -0.4 is 5.32 Å². The molecule has 0 aromatic carbocycles. The highest BCUT2D eigenvalue weighted by Crippen LogP contribution is 2.43. The van der Waals surface area contributed by atoms with Gasteiger partial charge in [0.2, 0.25) is 0 Å². The lowest BCUT2D eigenvalue weighted by atomic mass is 9.77. The number of hydrogen-bond acceptors (Lipinski definition) is 1. The lowest BCUT2D eigenvalue weighted by Gasteiger charge is -2.29. The van der Waals surface area contributed by atoms with Crippen LogP contribution >= 0.6 is 0 Å². The van der Waals surface area contributed by atoms with E-state index in [-0.39, 0.29) is 6.04 Å². The Bertz CT molecular complexity index is 226. The maximum Gasteiger partial charge on any atom is 0.0660 e. The second kappa shape index (κ2) is 4.36. The zero-order valence-electron chi connectivity index (χ0n) is 9.93. The third-order valence-corrected chi connectivity index (χ3v) is 3.91. The van der Waals surface area contributed by atoms with Gasteiger partial charge in [-0.15, -0.1) is 6.42 Å². The van der Waals surface area contributed by atoms with Gasteiger partial charge in [-0.2, -0.15) is 0 Å². The Morgan fingerprint density at radius 2 is 2.07 bits per heavy atom. The summed E-state index contributed by atoms with van der Waals surface area (Å²) < 4.78 is 0. The van der Waals surface area contributed by atoms with Crippen LogP contribution in [0.5, 0.6) is 0 Å². The smallest absolute Gasteiger partial charge is 0.0660 e. The molecule has 1 rings (SSSR count). The van der Waals surface area contributed by atoms with Crippen LogP contribution in [-0.4, -0.2) is 12.1 Å². The molecule has 0 aromatic rings. The molecule has 1 aliphatic rings. The molecule has 0 aromatic heterocycles. The van der Waals surface area contributed by atoms with E-state index in [2.05, 4.69) is 38.9 Å². The minimum atomic E-state index is 0.217. The Morgan fingerprint density at radius 1 is 1.43 bits per heavy atom. The molecular formula is C13H23N. The van der Waals surface area contributed by atoms with Gasteiger partial charge in [-0.05, 0) is 37.5 Å². The molecule has 80 valence electrons. The summed E-state index contributed by atoms with van der Waals surface area (Å²) in [5.74, 6) is 3.51. The first kappa shape index (κ1) is 11.6. The van der Waals surface area contributed by atoms with E-state index in [1.807, 2.05) is 0 Å². The average Bonchev–Trinajstić information content (AvgIpc) is 2.49. The minimum Gasteiger partial charge on any atom is -0.301 e. The van der Waals surface area contributed by atoms with E-state index in [1.165, 1.54) is 19.3 Å². The maximum atomic E-state index is 5.37. The topological polar surface area (TPSA) is 12.0 Å². The number of hydrogen-bond donors (Lipinski definition) is 1. The Hall–Kier alpha value is -0.480. The predicted octanol–water partition coefficient (Wildman–Crippen LogP) is 2.81. The van der Waals surface area contributed by atoms with Crippen LogP contribution in [0, 0.1) is 23.7 Å². The highest BCUT2D eigenvalue weighted by molar-refractivity contribution is 5.00. The van der Waals surface area contributed by atoms with E-state index in [0.717, 1.165) is 5.92 Å². The molecule has 0 aliphatic heterocycles. The summed E-state index contributed by atoms with van der Waals surface area (Å²) in [4.78, 5) is 0. The zero-order valence-corrected chi connectivity index (χ0v) is 9.93. The monoisotopic (exact) mass is 193 g/mol. The molecule has 0 saturated heterocycles. The van der Waals surface area contributed by atoms with E-state index < -0.39 is 0 Å². The summed E-state index contributed by atoms with van der Waals surface area (Å²) in [6, 6.07) is 0.850. The molecule has 1 saturated carbocycles. The van der Waals surface area contributed by atoms with Crippen LogP contribution in [0.1, 0.15) is 47.0 Å². The standard InChI is InChI=1S/C13H23N/c1-6-11(4)14-12-7-8-13(5,9-12)10(2)3/h1,10-12,14H,7-9H2,2-5H3. The van der Waals surface area contributed by atoms with Crippen molar-refractivity contribution in [3.63, 3.8) is 0 Å². The van der Waals surface area contributed by atoms with E-state index in [9.17, 15) is 0 Å². The van der Waals surface area contributed by atoms with Gasteiger partial charge in [0.05, 0.1) is 6.04 Å². The Morgan fingerprint density at radius 3 is 2.50 bits per heavy atom. The second-order valence-electron chi connectivity index (χ2n) is 5.30. The molecule has 1 aliphatic carbocycles. The van der Waals surface area contributed by atoms with Gasteiger partial charge in [-0.25, -0.2) is 0 Å². The largest absolute Gasteiger partial charge is 0.301 e. The molecule has 0 spiro atoms. The highest BCUT2D eigenvalue weighted by Gasteiger charge is 2.37. The van der Waals surface area contributed by atoms with E-state index in [0.29, 0.717) is 11.5 Å². The van der Waals surface area contributed by atoms with Crippen molar-refractivity contribution in [2.75, 3.05) is 0 Å². The van der Waals surface area contributed by atoms with E-state index in [4.69, 9.17) is 6.42 Å². The third kappa shape index (κ3) is 2.51. The molecule has 3 unspecified atom stereocenters. The summed E-state index contributed by atoms with van der Waals surface area (Å²) in [7, 11) is 0. The predicted molar refractivity (Wildman–Crippen MR) is 62.0 cm³/mol. The van der Waals surface area contributed by atoms with Crippen LogP contribution in [0.3, 0.4) is 0 Å². The summed E-state index contributed by atoms with van der Waals surface area (Å²) >= 11 is 0. The van der Waals surface area contributed by atoms with Crippen molar-refractivity contribution >= 4 is 0 Å². The van der Waals surface area contributed by atoms with Crippen molar-refractivity contribution < 1.29 is 0 Å². The molecular weight excluding hydrogens is 170 g/mol. The fraction of sp³-hybridized carbons (Fsp3) is 0.846. The molecule has 1 heteroatoms. The molecule has 14 heavy (non-hydrogen) atoms. The number of terminal acetylenes is 1. The van der Waals surface area contributed by atoms with Crippen molar-refractivity contribution in [2.24, 2.45) is 11.3 Å². The SMILES string of the molecule is C#CC(C)NC1CCC(C)(C(C)C)C1. The lowest BCUT2D eigenvalue weighted by Crippen LogP contribution is -2.35. The summed E-state index contributed by atoms with van der Waals surface area (Å²) in [6.07, 6.45) is 9.25. The normalized spacial score (nSPS) is 34.4. The van der Waals surface area contributed by atoms with Gasteiger partial charge in [-0.1, -0.05) is 26.7 Å². The van der Waals surface area contributed by atoms with Crippen LogP contribution in [0.2, 0.25) is 0 Å². The lowest BCUT2D eigenvalue weighted by molar-refractivity contribution is 0.220. The zero-order chi connectivity index (χ0) is 10.8. The van der Waals surface area contributed by atoms with Crippen LogP contribution in [-0.2, 0) is 0 Å². The Balaban J connectivity index is 2.46. The Labute approximate surface area is 88.7 Å². The first-order valence-corrected chi connectivity index (χ1v) is 5.70. The van der Waals surface area contributed by atoms with Crippen LogP contribution in [0.25, 0.3) is 0 Å². The van der Waals surface area contributed by atoms with E-state index >= 15 is 0 Å². The van der Waals surface area contributed by atoms with Crippen molar-refractivity contribution in [2.45, 2.75) is 59.0 Å². The first-order valence-electron chi connectivity index (χ1n) is 5.70. The van der Waals surface area contributed by atoms with Crippen molar-refractivity contribution in [1.82, 2.24) is 5.32 Å². The summed E-state index contributed by atoms with van der Waals surface area (Å²) in [5, 5.41) is 3.50. The van der Waals surface area contributed by atoms with Crippen LogP contribution in [0.4, 0.5) is 0 Å². The third-order valence-electron chi connectivity index (χ3n) is 3.91. The molecule has 0 radical (unpaired) electrons. The number of rotatable bonds is 3. The molecule has 0 amide bonds.